The number of fused-ring (bicyclic) bond motifs is 1. The number of hydrogen-bond donors (Lipinski definition) is 1. The maximum Gasteiger partial charge on any atom is 0.317 e. The Hall–Kier alpha value is -2.15. The number of nitrogens with zero attached hydrogens (tertiary/aromatic N) is 3. The number of rotatable bonds is 1. The molecule has 2 aromatic rings. The molecule has 0 spiro atoms. The number of carbonyl (C=O) groups is 2. The number of hydrogen-bond acceptors (Lipinski definition) is 4. The Labute approximate surface area is 132 Å². The van der Waals surface area contributed by atoms with Crippen LogP contribution in [0, 0.1) is 6.92 Å². The SMILES string of the molecule is CNC(=O)N1CCN(C(=O)c2nsc3ccc(C)cc23)CC1. The number of amides is 3. The zero-order valence-electron chi connectivity index (χ0n) is 12.6. The van der Waals surface area contributed by atoms with Gasteiger partial charge in [0.15, 0.2) is 0 Å². The van der Waals surface area contributed by atoms with Crippen molar-refractivity contribution in [3.05, 3.63) is 29.5 Å². The second-order valence-corrected chi connectivity index (χ2v) is 6.17. The summed E-state index contributed by atoms with van der Waals surface area (Å²) in [6, 6.07) is 5.94. The van der Waals surface area contributed by atoms with Gasteiger partial charge in [0.2, 0.25) is 0 Å². The molecular formula is C15H18N4O2S. The van der Waals surface area contributed by atoms with E-state index in [4.69, 9.17) is 0 Å². The van der Waals surface area contributed by atoms with Gasteiger partial charge < -0.3 is 15.1 Å². The molecule has 1 saturated heterocycles. The highest BCUT2D eigenvalue weighted by Gasteiger charge is 2.26. The maximum atomic E-state index is 12.7. The molecule has 6 nitrogen and oxygen atoms in total. The third-order valence-corrected chi connectivity index (χ3v) is 4.72. The highest BCUT2D eigenvalue weighted by molar-refractivity contribution is 7.13. The van der Waals surface area contributed by atoms with Gasteiger partial charge in [0.25, 0.3) is 5.91 Å². The molecule has 7 heteroatoms. The van der Waals surface area contributed by atoms with Crippen LogP contribution in [0.4, 0.5) is 4.79 Å². The average Bonchev–Trinajstić information content (AvgIpc) is 2.96. The highest BCUT2D eigenvalue weighted by Crippen LogP contribution is 2.25. The fourth-order valence-electron chi connectivity index (χ4n) is 2.63. The van der Waals surface area contributed by atoms with E-state index in [-0.39, 0.29) is 11.9 Å². The third-order valence-electron chi connectivity index (χ3n) is 3.90. The van der Waals surface area contributed by atoms with E-state index in [0.29, 0.717) is 31.9 Å². The lowest BCUT2D eigenvalue weighted by Crippen LogP contribution is -2.52. The number of carbonyl (C=O) groups excluding carboxylic acids is 2. The first-order valence-corrected chi connectivity index (χ1v) is 7.99. The molecule has 1 N–H and O–H groups in total. The Morgan fingerprint density at radius 2 is 1.86 bits per heavy atom. The lowest BCUT2D eigenvalue weighted by molar-refractivity contribution is 0.0663. The van der Waals surface area contributed by atoms with Crippen molar-refractivity contribution in [2.45, 2.75) is 6.92 Å². The molecule has 3 amide bonds. The minimum atomic E-state index is -0.0955. The summed E-state index contributed by atoms with van der Waals surface area (Å²) in [5.41, 5.74) is 1.64. The molecule has 0 bridgehead atoms. The summed E-state index contributed by atoms with van der Waals surface area (Å²) in [5, 5.41) is 3.53. The normalized spacial score (nSPS) is 15.2. The number of aromatic nitrogens is 1. The standard InChI is InChI=1S/C15H18N4O2S/c1-10-3-4-12-11(9-10)13(17-22-12)14(20)18-5-7-19(8-6-18)15(21)16-2/h3-4,9H,5-8H2,1-2H3,(H,16,21). The van der Waals surface area contributed by atoms with Crippen LogP contribution >= 0.6 is 11.5 Å². The van der Waals surface area contributed by atoms with Gasteiger partial charge in [-0.15, -0.1) is 0 Å². The number of piperazine rings is 1. The van der Waals surface area contributed by atoms with Crippen molar-refractivity contribution in [2.75, 3.05) is 33.2 Å². The fourth-order valence-corrected chi connectivity index (χ4v) is 3.38. The second-order valence-electron chi connectivity index (χ2n) is 5.37. The summed E-state index contributed by atoms with van der Waals surface area (Å²) in [7, 11) is 1.61. The van der Waals surface area contributed by atoms with Crippen molar-refractivity contribution in [3.63, 3.8) is 0 Å². The number of benzene rings is 1. The van der Waals surface area contributed by atoms with Gasteiger partial charge in [0.1, 0.15) is 5.69 Å². The molecule has 0 saturated carbocycles. The van der Waals surface area contributed by atoms with E-state index < -0.39 is 0 Å². The van der Waals surface area contributed by atoms with Crippen LogP contribution in [0.3, 0.4) is 0 Å². The van der Waals surface area contributed by atoms with Gasteiger partial charge in [-0.05, 0) is 30.6 Å². The van der Waals surface area contributed by atoms with Crippen molar-refractivity contribution in [1.82, 2.24) is 19.5 Å². The molecule has 0 atom stereocenters. The molecule has 1 fully saturated rings. The van der Waals surface area contributed by atoms with Gasteiger partial charge in [-0.25, -0.2) is 4.79 Å². The molecule has 1 aliphatic rings. The minimum absolute atomic E-state index is 0.0478. The predicted molar refractivity (Wildman–Crippen MR) is 86.3 cm³/mol. The fraction of sp³-hybridized carbons (Fsp3) is 0.400. The molecule has 1 aromatic carbocycles. The molecule has 3 rings (SSSR count). The lowest BCUT2D eigenvalue weighted by atomic mass is 10.1. The average molecular weight is 318 g/mol. The van der Waals surface area contributed by atoms with Gasteiger partial charge in [-0.1, -0.05) is 11.6 Å². The van der Waals surface area contributed by atoms with Gasteiger partial charge in [0.05, 0.1) is 4.70 Å². The van der Waals surface area contributed by atoms with Crippen LogP contribution in [0.5, 0.6) is 0 Å². The smallest absolute Gasteiger partial charge is 0.317 e. The zero-order chi connectivity index (χ0) is 15.7. The Morgan fingerprint density at radius 1 is 1.18 bits per heavy atom. The quantitative estimate of drug-likeness (QED) is 0.870. The molecule has 0 unspecified atom stereocenters. The summed E-state index contributed by atoms with van der Waals surface area (Å²) in [6.07, 6.45) is 0. The predicted octanol–water partition coefficient (Wildman–Crippen LogP) is 1.70. The van der Waals surface area contributed by atoms with E-state index in [0.717, 1.165) is 15.6 Å². The molecule has 0 aliphatic carbocycles. The number of aryl methyl sites for hydroxylation is 1. The number of nitrogens with one attached hydrogen (secondary N) is 1. The highest BCUT2D eigenvalue weighted by atomic mass is 32.1. The summed E-state index contributed by atoms with van der Waals surface area (Å²) in [5.74, 6) is -0.0478. The van der Waals surface area contributed by atoms with Crippen LogP contribution < -0.4 is 5.32 Å². The molecule has 116 valence electrons. The number of urea groups is 1. The molecule has 0 radical (unpaired) electrons. The third kappa shape index (κ3) is 2.64. The van der Waals surface area contributed by atoms with E-state index >= 15 is 0 Å². The molecule has 22 heavy (non-hydrogen) atoms. The summed E-state index contributed by atoms with van der Waals surface area (Å²) < 4.78 is 5.37. The van der Waals surface area contributed by atoms with Gasteiger partial charge in [-0.2, -0.15) is 4.37 Å². The lowest BCUT2D eigenvalue weighted by Gasteiger charge is -2.34. The Morgan fingerprint density at radius 3 is 2.55 bits per heavy atom. The van der Waals surface area contributed by atoms with Crippen LogP contribution in [-0.2, 0) is 0 Å². The van der Waals surface area contributed by atoms with E-state index in [1.165, 1.54) is 11.5 Å². The van der Waals surface area contributed by atoms with Crippen molar-refractivity contribution >= 4 is 33.6 Å². The Bertz CT molecular complexity index is 719. The van der Waals surface area contributed by atoms with Crippen molar-refractivity contribution < 1.29 is 9.59 Å². The second kappa shape index (κ2) is 5.92. The van der Waals surface area contributed by atoms with Crippen molar-refractivity contribution in [3.8, 4) is 0 Å². The van der Waals surface area contributed by atoms with E-state index in [1.807, 2.05) is 25.1 Å². The minimum Gasteiger partial charge on any atom is -0.341 e. The molecule has 1 aromatic heterocycles. The maximum absolute atomic E-state index is 12.7. The molecule has 2 heterocycles. The monoisotopic (exact) mass is 318 g/mol. The van der Waals surface area contributed by atoms with Crippen LogP contribution in [0.1, 0.15) is 16.1 Å². The van der Waals surface area contributed by atoms with Crippen molar-refractivity contribution in [1.29, 1.82) is 0 Å². The van der Waals surface area contributed by atoms with E-state index in [2.05, 4.69) is 9.69 Å². The van der Waals surface area contributed by atoms with Gasteiger partial charge in [0, 0.05) is 38.6 Å². The van der Waals surface area contributed by atoms with Crippen molar-refractivity contribution in [2.24, 2.45) is 0 Å². The summed E-state index contributed by atoms with van der Waals surface area (Å²) in [4.78, 5) is 27.8. The van der Waals surface area contributed by atoms with Gasteiger partial charge in [-0.3, -0.25) is 4.79 Å². The van der Waals surface area contributed by atoms with Crippen LogP contribution in [0.15, 0.2) is 18.2 Å². The molecular weight excluding hydrogens is 300 g/mol. The summed E-state index contributed by atoms with van der Waals surface area (Å²) in [6.45, 7) is 4.18. The first-order chi connectivity index (χ1) is 10.6. The van der Waals surface area contributed by atoms with E-state index in [9.17, 15) is 9.59 Å². The zero-order valence-corrected chi connectivity index (χ0v) is 13.4. The van der Waals surface area contributed by atoms with Crippen LogP contribution in [0.25, 0.3) is 10.1 Å². The topological polar surface area (TPSA) is 65.5 Å². The van der Waals surface area contributed by atoms with E-state index in [1.54, 1.807) is 16.8 Å². The largest absolute Gasteiger partial charge is 0.341 e. The molecule has 1 aliphatic heterocycles. The van der Waals surface area contributed by atoms with Crippen LogP contribution in [0.2, 0.25) is 0 Å². The first-order valence-electron chi connectivity index (χ1n) is 7.22. The Balaban J connectivity index is 1.77. The Kier molecular flexibility index (Phi) is 3.98. The van der Waals surface area contributed by atoms with Gasteiger partial charge >= 0.3 is 6.03 Å². The summed E-state index contributed by atoms with van der Waals surface area (Å²) >= 11 is 1.35. The van der Waals surface area contributed by atoms with Crippen LogP contribution in [-0.4, -0.2) is 59.3 Å². The first kappa shape index (κ1) is 14.8.